The van der Waals surface area contributed by atoms with Gasteiger partial charge in [0.25, 0.3) is 0 Å². The van der Waals surface area contributed by atoms with Crippen LogP contribution in [0.15, 0.2) is 42.5 Å². The van der Waals surface area contributed by atoms with Crippen molar-refractivity contribution in [3.8, 4) is 5.75 Å². The van der Waals surface area contributed by atoms with Crippen molar-refractivity contribution in [1.82, 2.24) is 14.9 Å². The quantitative estimate of drug-likeness (QED) is 0.513. The van der Waals surface area contributed by atoms with Gasteiger partial charge in [0, 0.05) is 26.2 Å². The predicted molar refractivity (Wildman–Crippen MR) is 133 cm³/mol. The molecule has 1 aliphatic heterocycles. The summed E-state index contributed by atoms with van der Waals surface area (Å²) >= 11 is 0. The van der Waals surface area contributed by atoms with E-state index in [0.717, 1.165) is 28.9 Å². The van der Waals surface area contributed by atoms with Crippen LogP contribution in [0.25, 0.3) is 11.0 Å². The van der Waals surface area contributed by atoms with E-state index < -0.39 is 17.6 Å². The predicted octanol–water partition coefficient (Wildman–Crippen LogP) is 4.99. The number of ether oxygens (including phenoxy) is 3. The molecular weight excluding hydrogens is 446 g/mol. The number of benzene rings is 2. The SMILES string of the molecule is COCCC(c1ccccc1)c1nc2c(OC)ccc(C3CCN(C(=O)OC(C)(C)C)C3=O)c2[nH]1. The van der Waals surface area contributed by atoms with E-state index in [1.165, 1.54) is 4.90 Å². The van der Waals surface area contributed by atoms with Crippen molar-refractivity contribution >= 4 is 23.0 Å². The van der Waals surface area contributed by atoms with E-state index in [4.69, 9.17) is 19.2 Å². The monoisotopic (exact) mass is 479 g/mol. The maximum atomic E-state index is 13.3. The van der Waals surface area contributed by atoms with E-state index in [1.54, 1.807) is 35.0 Å². The molecule has 1 N–H and O–H groups in total. The Balaban J connectivity index is 1.73. The summed E-state index contributed by atoms with van der Waals surface area (Å²) in [5, 5.41) is 0. The summed E-state index contributed by atoms with van der Waals surface area (Å²) in [6.45, 7) is 6.25. The molecule has 1 aromatic heterocycles. The zero-order valence-electron chi connectivity index (χ0n) is 21.0. The molecule has 2 atom stereocenters. The van der Waals surface area contributed by atoms with E-state index in [1.807, 2.05) is 30.3 Å². The molecule has 186 valence electrons. The van der Waals surface area contributed by atoms with Crippen LogP contribution in [-0.2, 0) is 14.3 Å². The number of imidazole rings is 1. The van der Waals surface area contributed by atoms with Gasteiger partial charge < -0.3 is 19.2 Å². The fourth-order valence-electron chi connectivity index (χ4n) is 4.58. The van der Waals surface area contributed by atoms with Crippen LogP contribution in [0.3, 0.4) is 0 Å². The van der Waals surface area contributed by atoms with E-state index in [-0.39, 0.29) is 11.8 Å². The van der Waals surface area contributed by atoms with Crippen molar-refractivity contribution in [2.75, 3.05) is 27.4 Å². The van der Waals surface area contributed by atoms with Gasteiger partial charge in [-0.1, -0.05) is 36.4 Å². The average Bonchev–Trinajstić information content (AvgIpc) is 3.42. The van der Waals surface area contributed by atoms with Gasteiger partial charge >= 0.3 is 6.09 Å². The summed E-state index contributed by atoms with van der Waals surface area (Å²) in [5.41, 5.74) is 2.67. The van der Waals surface area contributed by atoms with Crippen LogP contribution in [-0.4, -0.2) is 59.8 Å². The normalized spacial score (nSPS) is 17.1. The minimum absolute atomic E-state index is 0.0151. The van der Waals surface area contributed by atoms with Crippen molar-refractivity contribution in [3.05, 3.63) is 59.4 Å². The first kappa shape index (κ1) is 24.7. The highest BCUT2D eigenvalue weighted by Gasteiger charge is 2.40. The molecule has 1 aliphatic rings. The number of carbonyl (C=O) groups excluding carboxylic acids is 2. The van der Waals surface area contributed by atoms with E-state index in [2.05, 4.69) is 17.1 Å². The van der Waals surface area contributed by atoms with Crippen LogP contribution in [0, 0.1) is 0 Å². The molecule has 2 aromatic carbocycles. The third-order valence-corrected chi connectivity index (χ3v) is 6.22. The Kier molecular flexibility index (Phi) is 7.12. The fourth-order valence-corrected chi connectivity index (χ4v) is 4.58. The van der Waals surface area contributed by atoms with Gasteiger partial charge in [0.1, 0.15) is 22.7 Å². The molecule has 8 heteroatoms. The first-order valence-electron chi connectivity index (χ1n) is 11.9. The lowest BCUT2D eigenvalue weighted by molar-refractivity contribution is -0.128. The van der Waals surface area contributed by atoms with Crippen LogP contribution in [0.2, 0.25) is 0 Å². The molecule has 0 radical (unpaired) electrons. The molecule has 2 amide bonds. The zero-order chi connectivity index (χ0) is 25.2. The molecule has 0 bridgehead atoms. The van der Waals surface area contributed by atoms with Crippen LogP contribution < -0.4 is 4.74 Å². The van der Waals surface area contributed by atoms with E-state index in [9.17, 15) is 9.59 Å². The summed E-state index contributed by atoms with van der Waals surface area (Å²) < 4.78 is 16.4. The zero-order valence-corrected chi connectivity index (χ0v) is 21.0. The van der Waals surface area contributed by atoms with Gasteiger partial charge in [-0.2, -0.15) is 0 Å². The summed E-state index contributed by atoms with van der Waals surface area (Å²) in [6.07, 6.45) is 0.649. The van der Waals surface area contributed by atoms with Crippen LogP contribution in [0.5, 0.6) is 5.75 Å². The lowest BCUT2D eigenvalue weighted by Gasteiger charge is -2.23. The number of nitrogens with one attached hydrogen (secondary N) is 1. The largest absolute Gasteiger partial charge is 0.494 e. The Morgan fingerprint density at radius 2 is 1.91 bits per heavy atom. The molecule has 8 nitrogen and oxygen atoms in total. The molecular formula is C27H33N3O5. The second-order valence-electron chi connectivity index (χ2n) is 9.76. The Hall–Kier alpha value is -3.39. The van der Waals surface area contributed by atoms with Crippen LogP contribution in [0.4, 0.5) is 4.79 Å². The number of H-pyrrole nitrogens is 1. The van der Waals surface area contributed by atoms with Gasteiger partial charge in [-0.3, -0.25) is 4.79 Å². The second kappa shape index (κ2) is 10.1. The Labute approximate surface area is 205 Å². The third-order valence-electron chi connectivity index (χ3n) is 6.22. The van der Waals surface area contributed by atoms with Gasteiger partial charge in [-0.15, -0.1) is 0 Å². The Morgan fingerprint density at radius 3 is 2.57 bits per heavy atom. The van der Waals surface area contributed by atoms with E-state index in [0.29, 0.717) is 30.8 Å². The summed E-state index contributed by atoms with van der Waals surface area (Å²) in [7, 11) is 3.29. The molecule has 0 saturated carbocycles. The third kappa shape index (κ3) is 5.17. The number of likely N-dealkylation sites (tertiary alicyclic amines) is 1. The summed E-state index contributed by atoms with van der Waals surface area (Å²) in [6, 6.07) is 13.9. The number of aromatic amines is 1. The van der Waals surface area contributed by atoms with Crippen molar-refractivity contribution < 1.29 is 23.8 Å². The first-order valence-corrected chi connectivity index (χ1v) is 11.9. The van der Waals surface area contributed by atoms with Gasteiger partial charge in [0.2, 0.25) is 5.91 Å². The second-order valence-corrected chi connectivity index (χ2v) is 9.76. The Morgan fingerprint density at radius 1 is 1.17 bits per heavy atom. The number of aromatic nitrogens is 2. The van der Waals surface area contributed by atoms with Crippen molar-refractivity contribution in [1.29, 1.82) is 0 Å². The average molecular weight is 480 g/mol. The molecule has 0 aliphatic carbocycles. The minimum Gasteiger partial charge on any atom is -0.494 e. The number of rotatable bonds is 7. The molecule has 1 fully saturated rings. The number of fused-ring (bicyclic) bond motifs is 1. The topological polar surface area (TPSA) is 93.8 Å². The van der Waals surface area contributed by atoms with Gasteiger partial charge in [0.05, 0.1) is 18.5 Å². The standard InChI is InChI=1S/C27H33N3O5/c1-27(2,3)35-26(32)30-15-13-20(25(30)31)19-11-12-21(34-5)23-22(19)28-24(29-23)18(14-16-33-4)17-9-7-6-8-10-17/h6-12,18,20H,13-16H2,1-5H3,(H,28,29). The van der Waals surface area contributed by atoms with Gasteiger partial charge in [0.15, 0.2) is 0 Å². The number of hydrogen-bond donors (Lipinski definition) is 1. The van der Waals surface area contributed by atoms with Gasteiger partial charge in [-0.05, 0) is 50.8 Å². The maximum absolute atomic E-state index is 13.3. The van der Waals surface area contributed by atoms with Gasteiger partial charge in [-0.25, -0.2) is 14.7 Å². The summed E-state index contributed by atoms with van der Waals surface area (Å²) in [5.74, 6) is 0.653. The molecule has 2 unspecified atom stereocenters. The van der Waals surface area contributed by atoms with Crippen molar-refractivity contribution in [2.45, 2.75) is 51.0 Å². The molecule has 4 rings (SSSR count). The Bertz CT molecular complexity index is 1200. The number of methoxy groups -OCH3 is 2. The highest BCUT2D eigenvalue weighted by molar-refractivity contribution is 6.00. The molecule has 35 heavy (non-hydrogen) atoms. The molecule has 3 aromatic rings. The molecule has 2 heterocycles. The highest BCUT2D eigenvalue weighted by atomic mass is 16.6. The lowest BCUT2D eigenvalue weighted by Crippen LogP contribution is -2.38. The number of hydrogen-bond acceptors (Lipinski definition) is 6. The number of imide groups is 1. The smallest absolute Gasteiger partial charge is 0.417 e. The van der Waals surface area contributed by atoms with Crippen LogP contribution >= 0.6 is 0 Å². The van der Waals surface area contributed by atoms with Crippen molar-refractivity contribution in [2.24, 2.45) is 0 Å². The van der Waals surface area contributed by atoms with E-state index >= 15 is 0 Å². The maximum Gasteiger partial charge on any atom is 0.417 e. The first-order chi connectivity index (χ1) is 16.7. The highest BCUT2D eigenvalue weighted by Crippen LogP contribution is 2.38. The van der Waals surface area contributed by atoms with Crippen molar-refractivity contribution in [3.63, 3.8) is 0 Å². The minimum atomic E-state index is -0.671. The summed E-state index contributed by atoms with van der Waals surface area (Å²) in [4.78, 5) is 35.5. The number of nitrogens with zero attached hydrogens (tertiary/aromatic N) is 2. The lowest BCUT2D eigenvalue weighted by atomic mass is 9.95. The fraction of sp³-hybridized carbons (Fsp3) is 0.444. The van der Waals surface area contributed by atoms with Crippen LogP contribution in [0.1, 0.15) is 62.4 Å². The molecule has 1 saturated heterocycles. The number of amides is 2. The number of carbonyl (C=O) groups is 2. The molecule has 0 spiro atoms.